The molecule has 0 saturated carbocycles. The van der Waals surface area contributed by atoms with Gasteiger partial charge >= 0.3 is 0 Å². The summed E-state index contributed by atoms with van der Waals surface area (Å²) >= 11 is 0. The molecule has 14 rings (SSSR count). The molecule has 2 heterocycles. The number of furan rings is 1. The van der Waals surface area contributed by atoms with Crippen molar-refractivity contribution >= 4 is 120 Å². The summed E-state index contributed by atoms with van der Waals surface area (Å²) in [5.74, 6) is 0. The van der Waals surface area contributed by atoms with Gasteiger partial charge in [0.05, 0.1) is 25.1 Å². The van der Waals surface area contributed by atoms with Crippen LogP contribution < -0.4 is 25.4 Å². The van der Waals surface area contributed by atoms with Crippen molar-refractivity contribution in [1.82, 2.24) is 0 Å². The highest BCUT2D eigenvalue weighted by atomic mass is 28.3. The maximum atomic E-state index is 6.73. The molecule has 1 aromatic heterocycles. The molecule has 3 nitrogen and oxygen atoms in total. The first-order chi connectivity index (χ1) is 37.1. The fourth-order valence-electron chi connectivity index (χ4n) is 12.3. The number of hydrogen-bond acceptors (Lipinski definition) is 3. The van der Waals surface area contributed by atoms with Gasteiger partial charge in [-0.1, -0.05) is 220 Å². The van der Waals surface area contributed by atoms with Gasteiger partial charge in [0.1, 0.15) is 13.7 Å². The molecule has 0 bridgehead atoms. The molecule has 0 saturated heterocycles. The molecular formula is C71H56N2OSi2. The summed E-state index contributed by atoms with van der Waals surface area (Å²) in [5.41, 5.74) is 15.8. The van der Waals surface area contributed by atoms with Crippen LogP contribution in [-0.2, 0) is 0 Å². The summed E-state index contributed by atoms with van der Waals surface area (Å²) in [7, 11) is -3.75. The van der Waals surface area contributed by atoms with E-state index in [9.17, 15) is 0 Å². The molecule has 0 aliphatic carbocycles. The molecule has 5 heteroatoms. The molecule has 364 valence electrons. The minimum Gasteiger partial charge on any atom is -0.454 e. The van der Waals surface area contributed by atoms with E-state index in [0.717, 1.165) is 55.8 Å². The van der Waals surface area contributed by atoms with Crippen molar-refractivity contribution in [2.75, 3.05) is 9.80 Å². The molecule has 0 N–H and O–H groups in total. The Bertz CT molecular complexity index is 4400. The number of anilines is 6. The van der Waals surface area contributed by atoms with E-state index in [1.54, 1.807) is 0 Å². The summed E-state index contributed by atoms with van der Waals surface area (Å²) in [5, 5.41) is 14.4. The van der Waals surface area contributed by atoms with Gasteiger partial charge in [0, 0.05) is 38.8 Å². The van der Waals surface area contributed by atoms with Gasteiger partial charge in [-0.2, -0.15) is 0 Å². The Hall–Kier alpha value is -8.75. The standard InChI is InChI=1S/C71H56N2OSi2/c1-75(2,3)53-41-39-51(40-42-53)72(50-22-10-7-11-23-50)66-46-62-59-28-19-33-68-70(59)63(45-61(62)55-25-12-13-26-56(55)66)58-43-36-49(44-69(58)76(68,4)5)47-34-37-52(38-35-47)73(64-30-16-14-24-54(64)48-20-8-6-9-21-48)65-31-18-29-60-57-27-15-17-32-67(57)74-71(60)65/h6-46H,1-5H3. The van der Waals surface area contributed by atoms with Crippen LogP contribution in [0.1, 0.15) is 0 Å². The summed E-state index contributed by atoms with van der Waals surface area (Å²) in [6.07, 6.45) is 0. The third kappa shape index (κ3) is 7.37. The van der Waals surface area contributed by atoms with Crippen molar-refractivity contribution in [3.63, 3.8) is 0 Å². The monoisotopic (exact) mass is 1010 g/mol. The van der Waals surface area contributed by atoms with Gasteiger partial charge in [-0.3, -0.25) is 0 Å². The molecule has 1 aliphatic heterocycles. The SMILES string of the molecule is C[Si](C)(C)c1ccc(N(c2ccccc2)c2cc3c4cccc5c4c(cc3c3ccccc23)-c2ccc(-c3ccc(N(c4ccccc4-c4ccccc4)c4cccc6c4oc4ccccc46)cc3)cc2[Si]5(C)C)cc1. The largest absolute Gasteiger partial charge is 0.454 e. The Morgan fingerprint density at radius 1 is 0.342 bits per heavy atom. The average molecular weight is 1010 g/mol. The number of rotatable bonds is 9. The van der Waals surface area contributed by atoms with Crippen molar-refractivity contribution in [1.29, 1.82) is 0 Å². The quantitative estimate of drug-likeness (QED) is 0.106. The van der Waals surface area contributed by atoms with Crippen LogP contribution in [0.4, 0.5) is 34.1 Å². The van der Waals surface area contributed by atoms with Crippen molar-refractivity contribution in [3.05, 3.63) is 249 Å². The predicted molar refractivity (Wildman–Crippen MR) is 332 cm³/mol. The van der Waals surface area contributed by atoms with Crippen LogP contribution in [0.5, 0.6) is 0 Å². The van der Waals surface area contributed by atoms with Gasteiger partial charge in [0.2, 0.25) is 0 Å². The van der Waals surface area contributed by atoms with E-state index < -0.39 is 16.1 Å². The predicted octanol–water partition coefficient (Wildman–Crippen LogP) is 18.7. The van der Waals surface area contributed by atoms with Crippen LogP contribution in [-0.4, -0.2) is 16.1 Å². The fourth-order valence-corrected chi connectivity index (χ4v) is 16.6. The third-order valence-electron chi connectivity index (χ3n) is 16.2. The van der Waals surface area contributed by atoms with Gasteiger partial charge < -0.3 is 14.2 Å². The Morgan fingerprint density at radius 2 is 0.921 bits per heavy atom. The van der Waals surface area contributed by atoms with Crippen molar-refractivity contribution in [3.8, 4) is 33.4 Å². The zero-order valence-electron chi connectivity index (χ0n) is 43.5. The molecule has 0 spiro atoms. The highest BCUT2D eigenvalue weighted by Crippen LogP contribution is 2.48. The van der Waals surface area contributed by atoms with E-state index in [1.807, 2.05) is 6.07 Å². The van der Waals surface area contributed by atoms with Crippen LogP contribution in [0.25, 0.3) is 87.6 Å². The summed E-state index contributed by atoms with van der Waals surface area (Å²) in [4.78, 5) is 4.84. The lowest BCUT2D eigenvalue weighted by Gasteiger charge is -2.35. The van der Waals surface area contributed by atoms with E-state index >= 15 is 0 Å². The highest BCUT2D eigenvalue weighted by Gasteiger charge is 2.36. The number of hydrogen-bond donors (Lipinski definition) is 0. The summed E-state index contributed by atoms with van der Waals surface area (Å²) in [6, 6.07) is 92.1. The first-order valence-electron chi connectivity index (χ1n) is 26.6. The second-order valence-corrected chi connectivity index (χ2v) is 31.5. The van der Waals surface area contributed by atoms with Crippen LogP contribution in [0, 0.1) is 0 Å². The van der Waals surface area contributed by atoms with Gasteiger partial charge in [-0.05, 0) is 132 Å². The average Bonchev–Trinajstić information content (AvgIpc) is 3.94. The van der Waals surface area contributed by atoms with Gasteiger partial charge in [-0.15, -0.1) is 0 Å². The van der Waals surface area contributed by atoms with Crippen molar-refractivity contribution < 1.29 is 4.42 Å². The maximum absolute atomic E-state index is 6.73. The summed E-state index contributed by atoms with van der Waals surface area (Å²) < 4.78 is 6.73. The number of nitrogens with zero attached hydrogens (tertiary/aromatic N) is 2. The number of benzene rings is 12. The lowest BCUT2D eigenvalue weighted by atomic mass is 9.89. The van der Waals surface area contributed by atoms with Crippen molar-refractivity contribution in [2.45, 2.75) is 32.7 Å². The van der Waals surface area contributed by atoms with Crippen LogP contribution in [0.15, 0.2) is 253 Å². The minimum absolute atomic E-state index is 0.867. The zero-order chi connectivity index (χ0) is 51.3. The fraction of sp³-hybridized carbons (Fsp3) is 0.0704. The van der Waals surface area contributed by atoms with Crippen LogP contribution in [0.2, 0.25) is 32.7 Å². The molecule has 0 radical (unpaired) electrons. The molecule has 0 atom stereocenters. The van der Waals surface area contributed by atoms with Crippen LogP contribution >= 0.6 is 0 Å². The Kier molecular flexibility index (Phi) is 10.7. The second-order valence-electron chi connectivity index (χ2n) is 22.1. The molecule has 12 aromatic carbocycles. The highest BCUT2D eigenvalue weighted by molar-refractivity contribution is 7.03. The molecule has 0 amide bonds. The molecule has 13 aromatic rings. The topological polar surface area (TPSA) is 19.6 Å². The Labute approximate surface area is 446 Å². The minimum atomic E-state index is -2.25. The van der Waals surface area contributed by atoms with E-state index in [1.165, 1.54) is 81.5 Å². The lowest BCUT2D eigenvalue weighted by molar-refractivity contribution is 0.669. The first kappa shape index (κ1) is 45.8. The van der Waals surface area contributed by atoms with Gasteiger partial charge in [0.25, 0.3) is 0 Å². The van der Waals surface area contributed by atoms with Crippen molar-refractivity contribution in [2.24, 2.45) is 0 Å². The van der Waals surface area contributed by atoms with E-state index in [4.69, 9.17) is 4.42 Å². The molecule has 76 heavy (non-hydrogen) atoms. The Morgan fingerprint density at radius 3 is 1.70 bits per heavy atom. The van der Waals surface area contributed by atoms with E-state index in [-0.39, 0.29) is 0 Å². The van der Waals surface area contributed by atoms with Gasteiger partial charge in [0.15, 0.2) is 5.58 Å². The molecular weight excluding hydrogens is 953 g/mol. The Balaban J connectivity index is 0.904. The summed E-state index contributed by atoms with van der Waals surface area (Å²) in [6.45, 7) is 12.4. The third-order valence-corrected chi connectivity index (χ3v) is 21.8. The van der Waals surface area contributed by atoms with Crippen LogP contribution in [0.3, 0.4) is 0 Å². The number of para-hydroxylation sites is 4. The van der Waals surface area contributed by atoms with E-state index in [0.29, 0.717) is 0 Å². The maximum Gasteiger partial charge on any atom is 0.159 e. The number of fused-ring (bicyclic) bond motifs is 9. The van der Waals surface area contributed by atoms with E-state index in [2.05, 4.69) is 285 Å². The van der Waals surface area contributed by atoms with Gasteiger partial charge in [-0.25, -0.2) is 0 Å². The normalized spacial score (nSPS) is 12.9. The zero-order valence-corrected chi connectivity index (χ0v) is 45.5. The molecule has 0 unspecified atom stereocenters. The smallest absolute Gasteiger partial charge is 0.159 e. The molecule has 0 fully saturated rings. The lowest BCUT2D eigenvalue weighted by Crippen LogP contribution is -2.55. The molecule has 1 aliphatic rings. The second kappa shape index (κ2) is 17.7. The first-order valence-corrected chi connectivity index (χ1v) is 33.1.